The molecule has 0 saturated heterocycles. The van der Waals surface area contributed by atoms with Gasteiger partial charge in [0.25, 0.3) is 0 Å². The van der Waals surface area contributed by atoms with E-state index in [4.69, 9.17) is 0 Å². The van der Waals surface area contributed by atoms with E-state index in [1.807, 2.05) is 0 Å². The van der Waals surface area contributed by atoms with Crippen molar-refractivity contribution in [2.24, 2.45) is 0 Å². The van der Waals surface area contributed by atoms with Gasteiger partial charge in [-0.05, 0) is 138 Å². The molecular formula is C61H49N. The zero-order valence-corrected chi connectivity index (χ0v) is 35.4. The van der Waals surface area contributed by atoms with Crippen molar-refractivity contribution in [3.05, 3.63) is 239 Å². The molecule has 1 heteroatoms. The van der Waals surface area contributed by atoms with Crippen LogP contribution in [0.1, 0.15) is 65.6 Å². The van der Waals surface area contributed by atoms with Crippen LogP contribution in [0.15, 0.2) is 200 Å². The van der Waals surface area contributed by atoms with E-state index in [1.165, 1.54) is 100 Å². The van der Waals surface area contributed by atoms with Crippen LogP contribution in [0, 0.1) is 0 Å². The summed E-state index contributed by atoms with van der Waals surface area (Å²) in [4.78, 5) is 2.50. The van der Waals surface area contributed by atoms with Crippen molar-refractivity contribution in [2.75, 3.05) is 4.90 Å². The van der Waals surface area contributed by atoms with Crippen LogP contribution in [0.5, 0.6) is 0 Å². The summed E-state index contributed by atoms with van der Waals surface area (Å²) in [7, 11) is 0. The van der Waals surface area contributed by atoms with Gasteiger partial charge in [-0.1, -0.05) is 202 Å². The van der Waals surface area contributed by atoms with Gasteiger partial charge >= 0.3 is 0 Å². The van der Waals surface area contributed by atoms with Crippen molar-refractivity contribution < 1.29 is 0 Å². The smallest absolute Gasteiger partial charge is 0.0559 e. The highest BCUT2D eigenvalue weighted by molar-refractivity contribution is 6.10. The Morgan fingerprint density at radius 3 is 1.90 bits per heavy atom. The third-order valence-corrected chi connectivity index (χ3v) is 13.5. The lowest BCUT2D eigenvalue weighted by Crippen LogP contribution is -2.30. The average Bonchev–Trinajstić information content (AvgIpc) is 3.55. The van der Waals surface area contributed by atoms with E-state index in [2.05, 4.69) is 237 Å². The van der Waals surface area contributed by atoms with Gasteiger partial charge in [0.15, 0.2) is 0 Å². The van der Waals surface area contributed by atoms with E-state index >= 15 is 0 Å². The van der Waals surface area contributed by atoms with Crippen molar-refractivity contribution >= 4 is 45.9 Å². The van der Waals surface area contributed by atoms with Gasteiger partial charge < -0.3 is 4.90 Å². The molecule has 0 aromatic heterocycles. The zero-order valence-electron chi connectivity index (χ0n) is 35.4. The van der Waals surface area contributed by atoms with Crippen molar-refractivity contribution in [2.45, 2.75) is 44.6 Å². The minimum atomic E-state index is -0.127. The fourth-order valence-electron chi connectivity index (χ4n) is 10.3. The van der Waals surface area contributed by atoms with Crippen LogP contribution in [0.4, 0.5) is 11.4 Å². The number of hydrogen-bond acceptors (Lipinski definition) is 1. The van der Waals surface area contributed by atoms with Crippen LogP contribution in [0.2, 0.25) is 0 Å². The molecule has 8 aromatic rings. The van der Waals surface area contributed by atoms with Gasteiger partial charge in [0.2, 0.25) is 0 Å². The molecule has 62 heavy (non-hydrogen) atoms. The number of anilines is 2. The topological polar surface area (TPSA) is 3.24 Å². The highest BCUT2D eigenvalue weighted by atomic mass is 15.2. The molecule has 3 aliphatic carbocycles. The van der Waals surface area contributed by atoms with E-state index < -0.39 is 0 Å². The summed E-state index contributed by atoms with van der Waals surface area (Å²) < 4.78 is 0. The molecule has 1 unspecified atom stereocenters. The largest absolute Gasteiger partial charge is 0.334 e. The van der Waals surface area contributed by atoms with Crippen molar-refractivity contribution in [1.29, 1.82) is 0 Å². The lowest BCUT2D eigenvalue weighted by molar-refractivity contribution is 0.659. The quantitative estimate of drug-likeness (QED) is 0.139. The first kappa shape index (κ1) is 37.8. The van der Waals surface area contributed by atoms with Gasteiger partial charge in [-0.3, -0.25) is 0 Å². The summed E-state index contributed by atoms with van der Waals surface area (Å²) >= 11 is 0. The molecule has 0 spiro atoms. The second-order valence-electron chi connectivity index (χ2n) is 17.6. The van der Waals surface area contributed by atoms with Crippen molar-refractivity contribution in [1.82, 2.24) is 0 Å². The Hall–Kier alpha value is -7.22. The zero-order chi connectivity index (χ0) is 41.6. The van der Waals surface area contributed by atoms with Crippen molar-refractivity contribution in [3.63, 3.8) is 0 Å². The summed E-state index contributed by atoms with van der Waals surface area (Å²) in [5.41, 5.74) is 20.8. The van der Waals surface area contributed by atoms with Gasteiger partial charge in [0, 0.05) is 16.8 Å². The van der Waals surface area contributed by atoms with E-state index in [1.54, 1.807) is 0 Å². The fraction of sp³-hybridized carbons (Fsp3) is 0.115. The average molecular weight is 796 g/mol. The van der Waals surface area contributed by atoms with Gasteiger partial charge in [-0.25, -0.2) is 0 Å². The molecule has 298 valence electrons. The van der Waals surface area contributed by atoms with Gasteiger partial charge in [0.05, 0.1) is 6.04 Å². The summed E-state index contributed by atoms with van der Waals surface area (Å²) in [5, 5.41) is 2.58. The maximum absolute atomic E-state index is 2.50. The Labute approximate surface area is 366 Å². The highest BCUT2D eigenvalue weighted by Crippen LogP contribution is 2.51. The molecule has 11 rings (SSSR count). The highest BCUT2D eigenvalue weighted by Gasteiger charge is 2.36. The molecule has 1 nitrogen and oxygen atoms in total. The number of aryl methyl sites for hydroxylation is 1. The molecular weight excluding hydrogens is 747 g/mol. The van der Waals surface area contributed by atoms with E-state index in [0.29, 0.717) is 0 Å². The summed E-state index contributed by atoms with van der Waals surface area (Å²) in [6, 6.07) is 65.5. The van der Waals surface area contributed by atoms with Crippen LogP contribution < -0.4 is 4.90 Å². The number of fused-ring (bicyclic) bond motifs is 5. The molecule has 1 atom stereocenters. The predicted octanol–water partition coefficient (Wildman–Crippen LogP) is 16.2. The minimum Gasteiger partial charge on any atom is -0.334 e. The first-order valence-electron chi connectivity index (χ1n) is 22.2. The van der Waals surface area contributed by atoms with Gasteiger partial charge in [-0.2, -0.15) is 0 Å². The molecule has 0 N–H and O–H groups in total. The Morgan fingerprint density at radius 2 is 1.16 bits per heavy atom. The Bertz CT molecular complexity index is 3110. The summed E-state index contributed by atoms with van der Waals surface area (Å²) in [6.07, 6.45) is 19.0. The van der Waals surface area contributed by atoms with Crippen LogP contribution in [-0.2, 0) is 11.8 Å². The molecule has 0 saturated carbocycles. The molecule has 3 aliphatic rings. The minimum absolute atomic E-state index is 0.127. The molecule has 0 aliphatic heterocycles. The molecule has 0 bridgehead atoms. The lowest BCUT2D eigenvalue weighted by Gasteiger charge is -2.33. The normalized spacial score (nSPS) is 15.9. The Kier molecular flexibility index (Phi) is 9.54. The SMILES string of the molecule is CC1(C)c2cc(/C=C/c3ccc4c(c3)CCC(c3cc(-c5ccccc5)c5ccccc5c3-c3ccccc3)=C4)ccc2-c2ccc(N(c3ccccc3)C3C=CC=CC3)cc21. The Morgan fingerprint density at radius 1 is 0.516 bits per heavy atom. The standard InChI is InChI=1S/C61H49N/c1-61(2)58-38-43(30-35-53(58)54-36-34-51(40-59(54)61)62(49-21-11-5-12-22-49)50-23-13-6-14-24-50)28-27-42-29-31-47-39-48(33-32-46(47)37-42)57-41-56(44-17-7-3-8-18-44)52-25-15-16-26-55(52)60(57)45-19-9-4-10-20-45/h3-23,25-31,34-41,50H,24,32-33H2,1-2H3/b28-27+. The van der Waals surface area contributed by atoms with E-state index in [-0.39, 0.29) is 11.5 Å². The van der Waals surface area contributed by atoms with Crippen LogP contribution >= 0.6 is 0 Å². The molecule has 0 fully saturated rings. The number of nitrogens with zero attached hydrogens (tertiary/aromatic N) is 1. The number of hydrogen-bond donors (Lipinski definition) is 0. The maximum Gasteiger partial charge on any atom is 0.0559 e. The third-order valence-electron chi connectivity index (χ3n) is 13.5. The lowest BCUT2D eigenvalue weighted by atomic mass is 9.81. The molecule has 0 amide bonds. The number of para-hydroxylation sites is 1. The molecule has 0 radical (unpaired) electrons. The van der Waals surface area contributed by atoms with Crippen LogP contribution in [-0.4, -0.2) is 6.04 Å². The first-order chi connectivity index (χ1) is 30.5. The second kappa shape index (κ2) is 15.7. The predicted molar refractivity (Wildman–Crippen MR) is 266 cm³/mol. The summed E-state index contributed by atoms with van der Waals surface area (Å²) in [6.45, 7) is 4.78. The maximum atomic E-state index is 2.50. The van der Waals surface area contributed by atoms with Crippen LogP contribution in [0.25, 0.3) is 68.0 Å². The first-order valence-corrected chi connectivity index (χ1v) is 22.2. The van der Waals surface area contributed by atoms with Crippen molar-refractivity contribution in [3.8, 4) is 33.4 Å². The second-order valence-corrected chi connectivity index (χ2v) is 17.6. The number of benzene rings is 8. The third kappa shape index (κ3) is 6.75. The van der Waals surface area contributed by atoms with E-state index in [9.17, 15) is 0 Å². The number of rotatable bonds is 8. The molecule has 8 aromatic carbocycles. The van der Waals surface area contributed by atoms with Gasteiger partial charge in [-0.15, -0.1) is 0 Å². The summed E-state index contributed by atoms with van der Waals surface area (Å²) in [5.74, 6) is 0. The molecule has 0 heterocycles. The van der Waals surface area contributed by atoms with Gasteiger partial charge in [0.1, 0.15) is 0 Å². The van der Waals surface area contributed by atoms with Crippen LogP contribution in [0.3, 0.4) is 0 Å². The number of allylic oxidation sites excluding steroid dienone is 3. The monoisotopic (exact) mass is 795 g/mol. The van der Waals surface area contributed by atoms with E-state index in [0.717, 1.165) is 19.3 Å². The fourth-order valence-corrected chi connectivity index (χ4v) is 10.3. The Balaban J connectivity index is 0.895.